The largest absolute Gasteiger partial charge is 0.361 e. The van der Waals surface area contributed by atoms with Crippen LogP contribution in [0.3, 0.4) is 0 Å². The maximum atomic E-state index is 13.7. The molecule has 0 saturated heterocycles. The lowest BCUT2D eigenvalue weighted by atomic mass is 9.79. The van der Waals surface area contributed by atoms with Crippen LogP contribution in [0.2, 0.25) is 0 Å². The first-order valence-electron chi connectivity index (χ1n) is 10.9. The van der Waals surface area contributed by atoms with Crippen molar-refractivity contribution in [2.75, 3.05) is 12.4 Å². The van der Waals surface area contributed by atoms with Gasteiger partial charge < -0.3 is 15.2 Å². The Hall–Kier alpha value is -3.86. The fourth-order valence-corrected chi connectivity index (χ4v) is 4.73. The molecule has 32 heavy (non-hydrogen) atoms. The van der Waals surface area contributed by atoms with Crippen molar-refractivity contribution in [1.82, 2.24) is 9.88 Å². The number of fused-ring (bicyclic) bond motifs is 2. The molecule has 5 heteroatoms. The van der Waals surface area contributed by atoms with Gasteiger partial charge in [-0.25, -0.2) is 0 Å². The molecule has 2 unspecified atom stereocenters. The van der Waals surface area contributed by atoms with Crippen LogP contribution < -0.4 is 5.32 Å². The van der Waals surface area contributed by atoms with E-state index in [1.165, 1.54) is 5.56 Å². The number of aryl methyl sites for hydroxylation is 1. The van der Waals surface area contributed by atoms with Crippen LogP contribution >= 0.6 is 0 Å². The Balaban J connectivity index is 1.61. The molecule has 1 aliphatic rings. The number of benzene rings is 3. The molecule has 160 valence electrons. The average molecular weight is 424 g/mol. The zero-order valence-corrected chi connectivity index (χ0v) is 18.1. The molecule has 1 aromatic heterocycles. The van der Waals surface area contributed by atoms with Gasteiger partial charge in [0.15, 0.2) is 0 Å². The summed E-state index contributed by atoms with van der Waals surface area (Å²) in [7, 11) is 1.78. The van der Waals surface area contributed by atoms with Crippen molar-refractivity contribution in [3.05, 3.63) is 101 Å². The molecule has 1 aliphatic heterocycles. The molecule has 3 aromatic carbocycles. The average Bonchev–Trinajstić information content (AvgIpc) is 3.25. The van der Waals surface area contributed by atoms with Gasteiger partial charge in [-0.05, 0) is 41.8 Å². The molecule has 2 heterocycles. The van der Waals surface area contributed by atoms with E-state index in [-0.39, 0.29) is 11.8 Å². The van der Waals surface area contributed by atoms with Crippen molar-refractivity contribution >= 4 is 28.4 Å². The highest BCUT2D eigenvalue weighted by atomic mass is 16.2. The van der Waals surface area contributed by atoms with Gasteiger partial charge in [-0.2, -0.15) is 0 Å². The SMILES string of the molecule is CCc1ccc(NC(=O)C2c3ccccc3C(=O)N(C)C2c2c[nH]c3ccccc23)cc1. The first-order valence-corrected chi connectivity index (χ1v) is 10.9. The molecule has 2 atom stereocenters. The van der Waals surface area contributed by atoms with E-state index in [9.17, 15) is 9.59 Å². The van der Waals surface area contributed by atoms with E-state index in [0.717, 1.165) is 34.1 Å². The third kappa shape index (κ3) is 3.26. The zero-order valence-electron chi connectivity index (χ0n) is 18.1. The van der Waals surface area contributed by atoms with Gasteiger partial charge in [-0.15, -0.1) is 0 Å². The number of carbonyl (C=O) groups excluding carboxylic acids is 2. The number of anilines is 1. The minimum Gasteiger partial charge on any atom is -0.361 e. The summed E-state index contributed by atoms with van der Waals surface area (Å²) < 4.78 is 0. The number of nitrogens with zero attached hydrogens (tertiary/aromatic N) is 1. The molecule has 0 spiro atoms. The Morgan fingerprint density at radius 3 is 2.47 bits per heavy atom. The summed E-state index contributed by atoms with van der Waals surface area (Å²) in [6, 6.07) is 22.9. The second kappa shape index (κ2) is 8.00. The van der Waals surface area contributed by atoms with Crippen molar-refractivity contribution < 1.29 is 9.59 Å². The molecule has 2 N–H and O–H groups in total. The predicted molar refractivity (Wildman–Crippen MR) is 127 cm³/mol. The minimum atomic E-state index is -0.543. The smallest absolute Gasteiger partial charge is 0.254 e. The summed E-state index contributed by atoms with van der Waals surface area (Å²) >= 11 is 0. The molecule has 0 aliphatic carbocycles. The van der Waals surface area contributed by atoms with E-state index < -0.39 is 12.0 Å². The highest BCUT2D eigenvalue weighted by molar-refractivity contribution is 6.05. The molecule has 5 nitrogen and oxygen atoms in total. The Kier molecular flexibility index (Phi) is 5.02. The molecular formula is C27H25N3O2. The zero-order chi connectivity index (χ0) is 22.2. The number of carbonyl (C=O) groups is 2. The standard InChI is InChI=1S/C27H25N3O2/c1-3-17-12-14-18(15-13-17)29-26(31)24-20-9-4-5-10-21(20)27(32)30(2)25(24)22-16-28-23-11-7-6-8-19(22)23/h4-16,24-25,28H,3H2,1-2H3,(H,29,31). The van der Waals surface area contributed by atoms with E-state index in [1.54, 1.807) is 18.0 Å². The van der Waals surface area contributed by atoms with Crippen LogP contribution in [0.1, 0.15) is 45.9 Å². The summed E-state index contributed by atoms with van der Waals surface area (Å²) in [6.07, 6.45) is 2.86. The Labute approximate surface area is 187 Å². The number of hydrogen-bond donors (Lipinski definition) is 2. The number of likely N-dealkylation sites (N-methyl/N-ethyl adjacent to an activating group) is 1. The first kappa shape index (κ1) is 20.1. The maximum absolute atomic E-state index is 13.7. The van der Waals surface area contributed by atoms with Gasteiger partial charge in [0.05, 0.1) is 12.0 Å². The van der Waals surface area contributed by atoms with E-state index in [1.807, 2.05) is 72.9 Å². The molecule has 0 fully saturated rings. The summed E-state index contributed by atoms with van der Waals surface area (Å²) in [4.78, 5) is 32.0. The number of hydrogen-bond acceptors (Lipinski definition) is 2. The minimum absolute atomic E-state index is 0.0766. The van der Waals surface area contributed by atoms with Crippen molar-refractivity contribution in [3.63, 3.8) is 0 Å². The quantitative estimate of drug-likeness (QED) is 0.469. The van der Waals surface area contributed by atoms with Crippen LogP contribution in [-0.2, 0) is 11.2 Å². The molecule has 5 rings (SSSR count). The fraction of sp³-hybridized carbons (Fsp3) is 0.185. The second-order valence-corrected chi connectivity index (χ2v) is 8.26. The van der Waals surface area contributed by atoms with Gasteiger partial charge >= 0.3 is 0 Å². The Morgan fingerprint density at radius 1 is 0.969 bits per heavy atom. The third-order valence-electron chi connectivity index (χ3n) is 6.43. The van der Waals surface area contributed by atoms with E-state index >= 15 is 0 Å². The highest BCUT2D eigenvalue weighted by Crippen LogP contribution is 2.44. The first-order chi connectivity index (χ1) is 15.6. The summed E-state index contributed by atoms with van der Waals surface area (Å²) in [5.74, 6) is -0.748. The van der Waals surface area contributed by atoms with Crippen LogP contribution in [0, 0.1) is 0 Å². The van der Waals surface area contributed by atoms with E-state index in [2.05, 4.69) is 17.2 Å². The van der Waals surface area contributed by atoms with Crippen molar-refractivity contribution in [2.45, 2.75) is 25.3 Å². The second-order valence-electron chi connectivity index (χ2n) is 8.26. The number of aromatic amines is 1. The monoisotopic (exact) mass is 423 g/mol. The van der Waals surface area contributed by atoms with Gasteiger partial charge in [0.1, 0.15) is 0 Å². The molecule has 0 saturated carbocycles. The third-order valence-corrected chi connectivity index (χ3v) is 6.43. The van der Waals surface area contributed by atoms with Gasteiger partial charge in [-0.3, -0.25) is 9.59 Å². The molecular weight excluding hydrogens is 398 g/mol. The Morgan fingerprint density at radius 2 is 1.69 bits per heavy atom. The van der Waals surface area contributed by atoms with Gasteiger partial charge in [0.25, 0.3) is 5.91 Å². The van der Waals surface area contributed by atoms with Crippen molar-refractivity contribution in [3.8, 4) is 0 Å². The van der Waals surface area contributed by atoms with Crippen molar-refractivity contribution in [2.24, 2.45) is 0 Å². The molecule has 4 aromatic rings. The summed E-state index contributed by atoms with van der Waals surface area (Å²) in [5, 5.41) is 4.11. The number of rotatable bonds is 4. The van der Waals surface area contributed by atoms with Crippen LogP contribution in [0.5, 0.6) is 0 Å². The summed E-state index contributed by atoms with van der Waals surface area (Å²) in [5.41, 5.74) is 5.22. The fourth-order valence-electron chi connectivity index (χ4n) is 4.73. The Bertz CT molecular complexity index is 1310. The van der Waals surface area contributed by atoms with E-state index in [0.29, 0.717) is 5.56 Å². The number of para-hydroxylation sites is 1. The lowest BCUT2D eigenvalue weighted by Crippen LogP contribution is -2.44. The van der Waals surface area contributed by atoms with E-state index in [4.69, 9.17) is 0 Å². The topological polar surface area (TPSA) is 65.2 Å². The number of amides is 2. The number of nitrogens with one attached hydrogen (secondary N) is 2. The molecule has 0 radical (unpaired) electrons. The number of H-pyrrole nitrogens is 1. The predicted octanol–water partition coefficient (Wildman–Crippen LogP) is 5.28. The number of aromatic nitrogens is 1. The van der Waals surface area contributed by atoms with Crippen LogP contribution in [0.15, 0.2) is 79.0 Å². The van der Waals surface area contributed by atoms with Crippen LogP contribution in [0.25, 0.3) is 10.9 Å². The van der Waals surface area contributed by atoms with Gasteiger partial charge in [0, 0.05) is 41.0 Å². The van der Waals surface area contributed by atoms with Crippen LogP contribution in [-0.4, -0.2) is 28.7 Å². The highest BCUT2D eigenvalue weighted by Gasteiger charge is 2.43. The molecule has 2 amide bonds. The van der Waals surface area contributed by atoms with Crippen molar-refractivity contribution in [1.29, 1.82) is 0 Å². The normalized spacial score (nSPS) is 17.9. The lowest BCUT2D eigenvalue weighted by Gasteiger charge is -2.39. The maximum Gasteiger partial charge on any atom is 0.254 e. The van der Waals surface area contributed by atoms with Gasteiger partial charge in [0.2, 0.25) is 5.91 Å². The van der Waals surface area contributed by atoms with Gasteiger partial charge in [-0.1, -0.05) is 55.5 Å². The van der Waals surface area contributed by atoms with Crippen LogP contribution in [0.4, 0.5) is 5.69 Å². The summed E-state index contributed by atoms with van der Waals surface area (Å²) in [6.45, 7) is 2.10. The lowest BCUT2D eigenvalue weighted by molar-refractivity contribution is -0.119. The molecule has 0 bridgehead atoms.